The summed E-state index contributed by atoms with van der Waals surface area (Å²) in [7, 11) is -3.91. The molecule has 1 amide bonds. The van der Waals surface area contributed by atoms with Gasteiger partial charge < -0.3 is 14.9 Å². The van der Waals surface area contributed by atoms with Gasteiger partial charge in [-0.2, -0.15) is 0 Å². The van der Waals surface area contributed by atoms with Gasteiger partial charge in [0, 0.05) is 24.1 Å². The van der Waals surface area contributed by atoms with Crippen molar-refractivity contribution in [2.75, 3.05) is 19.8 Å². The first-order valence-corrected chi connectivity index (χ1v) is 10.1. The number of phosphoric ester groups is 1. The Bertz CT molecular complexity index is 601. The van der Waals surface area contributed by atoms with E-state index in [1.807, 2.05) is 0 Å². The first-order chi connectivity index (χ1) is 12.3. The molecule has 0 aliphatic carbocycles. The maximum absolute atomic E-state index is 11.7. The number of ether oxygens (including phenoxy) is 1. The SMILES string of the molecule is CCOP(=O)(O)OCCCCCCNC(=O)CCC1=C(C)C(=O)OC1=O. The average Bonchev–Trinajstić information content (AvgIpc) is 2.80. The van der Waals surface area contributed by atoms with Crippen LogP contribution in [-0.2, 0) is 32.7 Å². The van der Waals surface area contributed by atoms with Crippen molar-refractivity contribution in [3.8, 4) is 0 Å². The molecule has 26 heavy (non-hydrogen) atoms. The smallest absolute Gasteiger partial charge is 0.386 e. The summed E-state index contributed by atoms with van der Waals surface area (Å²) in [5.41, 5.74) is 0.528. The summed E-state index contributed by atoms with van der Waals surface area (Å²) in [4.78, 5) is 43.6. The second-order valence-corrected chi connectivity index (χ2v) is 7.22. The Hall–Kier alpha value is -1.54. The van der Waals surface area contributed by atoms with Gasteiger partial charge in [0.2, 0.25) is 5.91 Å². The Kier molecular flexibility index (Phi) is 9.72. The predicted molar refractivity (Wildman–Crippen MR) is 91.9 cm³/mol. The molecule has 0 aromatic carbocycles. The molecule has 1 atom stereocenters. The van der Waals surface area contributed by atoms with Crippen molar-refractivity contribution in [3.05, 3.63) is 11.1 Å². The predicted octanol–water partition coefficient (Wildman–Crippen LogP) is 2.00. The summed E-state index contributed by atoms with van der Waals surface area (Å²) in [5.74, 6) is -1.51. The van der Waals surface area contributed by atoms with E-state index in [-0.39, 0.29) is 43.1 Å². The highest BCUT2D eigenvalue weighted by Gasteiger charge is 2.29. The molecule has 1 aliphatic rings. The van der Waals surface area contributed by atoms with E-state index in [4.69, 9.17) is 4.52 Å². The summed E-state index contributed by atoms with van der Waals surface area (Å²) in [6, 6.07) is 0. The normalized spacial score (nSPS) is 16.6. The minimum atomic E-state index is -3.91. The Labute approximate surface area is 152 Å². The number of cyclic esters (lactones) is 2. The van der Waals surface area contributed by atoms with E-state index >= 15 is 0 Å². The van der Waals surface area contributed by atoms with E-state index in [0.29, 0.717) is 13.0 Å². The van der Waals surface area contributed by atoms with Gasteiger partial charge in [-0.3, -0.25) is 13.8 Å². The number of nitrogens with one attached hydrogen (secondary N) is 1. The van der Waals surface area contributed by atoms with Gasteiger partial charge in [0.15, 0.2) is 0 Å². The standard InChI is InChI=1S/C16H26NO8P/c1-3-23-26(21,22)24-11-7-5-4-6-10-17-14(18)9-8-13-12(2)15(19)25-16(13)20/h3-11H2,1-2H3,(H,17,18)(H,21,22). The summed E-state index contributed by atoms with van der Waals surface area (Å²) in [5, 5.41) is 2.75. The summed E-state index contributed by atoms with van der Waals surface area (Å²) in [6.45, 7) is 3.87. The fourth-order valence-corrected chi connectivity index (χ4v) is 3.06. The lowest BCUT2D eigenvalue weighted by Crippen LogP contribution is -2.24. The van der Waals surface area contributed by atoms with Crippen LogP contribution in [0.1, 0.15) is 52.4 Å². The molecule has 0 fully saturated rings. The number of amides is 1. The first kappa shape index (κ1) is 22.5. The van der Waals surface area contributed by atoms with Crippen LogP contribution in [0.15, 0.2) is 11.1 Å². The summed E-state index contributed by atoms with van der Waals surface area (Å²) in [6.07, 6.45) is 3.30. The van der Waals surface area contributed by atoms with E-state index in [1.54, 1.807) is 6.92 Å². The minimum Gasteiger partial charge on any atom is -0.386 e. The van der Waals surface area contributed by atoms with Gasteiger partial charge in [0.05, 0.1) is 13.2 Å². The van der Waals surface area contributed by atoms with Crippen molar-refractivity contribution < 1.29 is 37.6 Å². The molecule has 1 aliphatic heterocycles. The molecule has 1 heterocycles. The zero-order valence-corrected chi connectivity index (χ0v) is 16.0. The van der Waals surface area contributed by atoms with Crippen LogP contribution in [-0.4, -0.2) is 42.5 Å². The fraction of sp³-hybridized carbons (Fsp3) is 0.688. The quantitative estimate of drug-likeness (QED) is 0.211. The fourth-order valence-electron chi connectivity index (χ4n) is 2.30. The van der Waals surface area contributed by atoms with E-state index in [9.17, 15) is 23.8 Å². The Morgan fingerprint density at radius 3 is 2.46 bits per heavy atom. The third kappa shape index (κ3) is 8.23. The summed E-state index contributed by atoms with van der Waals surface area (Å²) >= 11 is 0. The minimum absolute atomic E-state index is 0.113. The molecule has 2 N–H and O–H groups in total. The zero-order chi connectivity index (χ0) is 19.6. The Morgan fingerprint density at radius 2 is 1.85 bits per heavy atom. The maximum atomic E-state index is 11.7. The molecule has 0 radical (unpaired) electrons. The monoisotopic (exact) mass is 391 g/mol. The molecule has 1 unspecified atom stereocenters. The molecular formula is C16H26NO8P. The molecule has 0 saturated carbocycles. The van der Waals surface area contributed by atoms with Crippen molar-refractivity contribution >= 4 is 25.7 Å². The molecule has 9 nitrogen and oxygen atoms in total. The lowest BCUT2D eigenvalue weighted by atomic mass is 10.1. The third-order valence-corrected chi connectivity index (χ3v) is 4.83. The van der Waals surface area contributed by atoms with Gasteiger partial charge in [-0.1, -0.05) is 12.8 Å². The van der Waals surface area contributed by atoms with Crippen molar-refractivity contribution in [2.45, 2.75) is 52.4 Å². The number of esters is 2. The number of carbonyl (C=O) groups is 3. The Balaban J connectivity index is 2.05. The molecule has 0 spiro atoms. The lowest BCUT2D eigenvalue weighted by Gasteiger charge is -2.10. The van der Waals surface area contributed by atoms with E-state index in [2.05, 4.69) is 14.6 Å². The van der Waals surface area contributed by atoms with Gasteiger partial charge >= 0.3 is 19.8 Å². The lowest BCUT2D eigenvalue weighted by molar-refractivity contribution is -0.151. The highest BCUT2D eigenvalue weighted by Crippen LogP contribution is 2.42. The molecule has 0 aromatic rings. The van der Waals surface area contributed by atoms with Gasteiger partial charge in [0.25, 0.3) is 0 Å². The van der Waals surface area contributed by atoms with Gasteiger partial charge in [-0.15, -0.1) is 0 Å². The number of hydrogen-bond donors (Lipinski definition) is 2. The van der Waals surface area contributed by atoms with Crippen molar-refractivity contribution in [2.24, 2.45) is 0 Å². The molecule has 10 heteroatoms. The van der Waals surface area contributed by atoms with Crippen molar-refractivity contribution in [3.63, 3.8) is 0 Å². The van der Waals surface area contributed by atoms with Crippen LogP contribution in [0.3, 0.4) is 0 Å². The number of rotatable bonds is 13. The number of hydrogen-bond acceptors (Lipinski definition) is 7. The maximum Gasteiger partial charge on any atom is 0.472 e. The van der Waals surface area contributed by atoms with Crippen molar-refractivity contribution in [1.29, 1.82) is 0 Å². The third-order valence-electron chi connectivity index (χ3n) is 3.73. The van der Waals surface area contributed by atoms with Crippen molar-refractivity contribution in [1.82, 2.24) is 5.32 Å². The second-order valence-electron chi connectivity index (χ2n) is 5.76. The highest BCUT2D eigenvalue weighted by molar-refractivity contribution is 7.47. The largest absolute Gasteiger partial charge is 0.472 e. The summed E-state index contributed by atoms with van der Waals surface area (Å²) < 4.78 is 25.1. The van der Waals surface area contributed by atoms with Crippen LogP contribution in [0.2, 0.25) is 0 Å². The van der Waals surface area contributed by atoms with E-state index in [0.717, 1.165) is 19.3 Å². The first-order valence-electron chi connectivity index (χ1n) is 8.61. The van der Waals surface area contributed by atoms with E-state index in [1.165, 1.54) is 6.92 Å². The van der Waals surface area contributed by atoms with Gasteiger partial charge in [-0.05, 0) is 33.1 Å². The molecule has 0 saturated heterocycles. The highest BCUT2D eigenvalue weighted by atomic mass is 31.2. The molecular weight excluding hydrogens is 365 g/mol. The van der Waals surface area contributed by atoms with Crippen LogP contribution >= 0.6 is 7.82 Å². The van der Waals surface area contributed by atoms with Gasteiger partial charge in [0.1, 0.15) is 0 Å². The second kappa shape index (κ2) is 11.2. The number of carbonyl (C=O) groups excluding carboxylic acids is 3. The number of unbranched alkanes of at least 4 members (excludes halogenated alkanes) is 3. The average molecular weight is 391 g/mol. The zero-order valence-electron chi connectivity index (χ0n) is 15.1. The van der Waals surface area contributed by atoms with Crippen LogP contribution in [0.4, 0.5) is 0 Å². The van der Waals surface area contributed by atoms with Gasteiger partial charge in [-0.25, -0.2) is 14.2 Å². The molecule has 1 rings (SSSR count). The van der Waals surface area contributed by atoms with Crippen LogP contribution in [0.5, 0.6) is 0 Å². The molecule has 0 aromatic heterocycles. The van der Waals surface area contributed by atoms with Crippen LogP contribution in [0.25, 0.3) is 0 Å². The number of phosphoric acid groups is 1. The topological polar surface area (TPSA) is 128 Å². The van der Waals surface area contributed by atoms with Crippen LogP contribution in [0, 0.1) is 0 Å². The van der Waals surface area contributed by atoms with E-state index < -0.39 is 19.8 Å². The molecule has 148 valence electrons. The molecule has 0 bridgehead atoms. The Morgan fingerprint density at radius 1 is 1.15 bits per heavy atom. The van der Waals surface area contributed by atoms with Crippen LogP contribution < -0.4 is 5.32 Å².